The van der Waals surface area contributed by atoms with Gasteiger partial charge in [-0.1, -0.05) is 18.5 Å². The van der Waals surface area contributed by atoms with Crippen LogP contribution in [-0.4, -0.2) is 19.1 Å². The molecule has 0 spiro atoms. The van der Waals surface area contributed by atoms with Gasteiger partial charge >= 0.3 is 0 Å². The second kappa shape index (κ2) is 3.31. The Bertz CT molecular complexity index is 391. The summed E-state index contributed by atoms with van der Waals surface area (Å²) in [6, 6.07) is 6.80. The molecule has 0 bridgehead atoms. The van der Waals surface area contributed by atoms with E-state index in [4.69, 9.17) is 11.6 Å². The van der Waals surface area contributed by atoms with Gasteiger partial charge < -0.3 is 10.2 Å². The van der Waals surface area contributed by atoms with Crippen molar-refractivity contribution in [3.63, 3.8) is 0 Å². The molecule has 1 aromatic rings. The van der Waals surface area contributed by atoms with Gasteiger partial charge in [0.25, 0.3) is 0 Å². The van der Waals surface area contributed by atoms with E-state index in [1.165, 1.54) is 24.3 Å². The molecule has 2 heterocycles. The highest BCUT2D eigenvalue weighted by Crippen LogP contribution is 2.39. The summed E-state index contributed by atoms with van der Waals surface area (Å²) in [5.74, 6) is 0.793. The Morgan fingerprint density at radius 1 is 1.47 bits per heavy atom. The zero-order chi connectivity index (χ0) is 10.4. The molecule has 0 aromatic heterocycles. The molecule has 1 N–H and O–H groups in total. The van der Waals surface area contributed by atoms with Gasteiger partial charge in [0.05, 0.1) is 11.4 Å². The van der Waals surface area contributed by atoms with Gasteiger partial charge in [0.15, 0.2) is 0 Å². The monoisotopic (exact) mass is 222 g/mol. The van der Waals surface area contributed by atoms with Gasteiger partial charge in [-0.15, -0.1) is 0 Å². The standard InChI is InChI=1S/C12H15ClN2/c1-8-4-5-15-11-3-2-9(13)6-10(11)14-7-12(8)15/h2-3,6,8,12,14H,4-5,7H2,1H3. The van der Waals surface area contributed by atoms with E-state index >= 15 is 0 Å². The summed E-state index contributed by atoms with van der Waals surface area (Å²) in [6.45, 7) is 4.57. The molecule has 1 aromatic carbocycles. The Balaban J connectivity index is 2.02. The van der Waals surface area contributed by atoms with Gasteiger partial charge in [0.2, 0.25) is 0 Å². The Morgan fingerprint density at radius 3 is 3.20 bits per heavy atom. The normalized spacial score (nSPS) is 28.3. The SMILES string of the molecule is CC1CCN2c3ccc(Cl)cc3NCC12. The van der Waals surface area contributed by atoms with Crippen LogP contribution in [0.4, 0.5) is 11.4 Å². The summed E-state index contributed by atoms with van der Waals surface area (Å²) >= 11 is 5.99. The van der Waals surface area contributed by atoms with E-state index in [0.29, 0.717) is 6.04 Å². The van der Waals surface area contributed by atoms with Crippen molar-refractivity contribution < 1.29 is 0 Å². The molecule has 3 rings (SSSR count). The van der Waals surface area contributed by atoms with Gasteiger partial charge in [-0.2, -0.15) is 0 Å². The van der Waals surface area contributed by atoms with Crippen molar-refractivity contribution in [2.45, 2.75) is 19.4 Å². The Morgan fingerprint density at radius 2 is 2.33 bits per heavy atom. The lowest BCUT2D eigenvalue weighted by atomic mass is 10.0. The molecule has 15 heavy (non-hydrogen) atoms. The van der Waals surface area contributed by atoms with E-state index in [9.17, 15) is 0 Å². The highest BCUT2D eigenvalue weighted by atomic mass is 35.5. The molecule has 2 nitrogen and oxygen atoms in total. The summed E-state index contributed by atoms with van der Waals surface area (Å²) in [6.07, 6.45) is 1.30. The molecule has 0 amide bonds. The van der Waals surface area contributed by atoms with Gasteiger partial charge in [-0.25, -0.2) is 0 Å². The Hall–Kier alpha value is -0.890. The van der Waals surface area contributed by atoms with Crippen molar-refractivity contribution in [3.05, 3.63) is 23.2 Å². The topological polar surface area (TPSA) is 15.3 Å². The molecular formula is C12H15ClN2. The fourth-order valence-corrected chi connectivity index (χ4v) is 2.91. The second-order valence-corrected chi connectivity index (χ2v) is 5.01. The predicted octanol–water partition coefficient (Wildman–Crippen LogP) is 2.98. The Labute approximate surface area is 95.2 Å². The quantitative estimate of drug-likeness (QED) is 0.726. The third-order valence-corrected chi connectivity index (χ3v) is 3.89. The number of nitrogens with one attached hydrogen (secondary N) is 1. The lowest BCUT2D eigenvalue weighted by Crippen LogP contribution is -2.41. The first-order chi connectivity index (χ1) is 7.25. The van der Waals surface area contributed by atoms with Crippen LogP contribution in [0, 0.1) is 5.92 Å². The van der Waals surface area contributed by atoms with Crippen molar-refractivity contribution >= 4 is 23.0 Å². The van der Waals surface area contributed by atoms with E-state index < -0.39 is 0 Å². The summed E-state index contributed by atoms with van der Waals surface area (Å²) in [5.41, 5.74) is 2.51. The number of fused-ring (bicyclic) bond motifs is 3. The minimum atomic E-state index is 0.665. The fourth-order valence-electron chi connectivity index (χ4n) is 2.73. The summed E-state index contributed by atoms with van der Waals surface area (Å²) in [5, 5.41) is 4.29. The van der Waals surface area contributed by atoms with Gasteiger partial charge in [-0.3, -0.25) is 0 Å². The highest BCUT2D eigenvalue weighted by Gasteiger charge is 2.34. The van der Waals surface area contributed by atoms with E-state index in [0.717, 1.165) is 17.5 Å². The number of anilines is 2. The van der Waals surface area contributed by atoms with Crippen molar-refractivity contribution in [1.29, 1.82) is 0 Å². The molecule has 2 aliphatic heterocycles. The average molecular weight is 223 g/mol. The summed E-state index contributed by atoms with van der Waals surface area (Å²) in [4.78, 5) is 2.52. The number of rotatable bonds is 0. The lowest BCUT2D eigenvalue weighted by Gasteiger charge is -2.36. The van der Waals surface area contributed by atoms with Crippen LogP contribution in [0.3, 0.4) is 0 Å². The van der Waals surface area contributed by atoms with Crippen molar-refractivity contribution in [2.24, 2.45) is 5.92 Å². The van der Waals surface area contributed by atoms with E-state index in [-0.39, 0.29) is 0 Å². The Kier molecular flexibility index (Phi) is 2.06. The number of benzene rings is 1. The molecule has 80 valence electrons. The van der Waals surface area contributed by atoms with Crippen LogP contribution < -0.4 is 10.2 Å². The van der Waals surface area contributed by atoms with Crippen LogP contribution in [0.1, 0.15) is 13.3 Å². The smallest absolute Gasteiger partial charge is 0.0606 e. The number of hydrogen-bond donors (Lipinski definition) is 1. The molecule has 2 aliphatic rings. The average Bonchev–Trinajstić information content (AvgIpc) is 2.60. The van der Waals surface area contributed by atoms with Crippen LogP contribution in [0.25, 0.3) is 0 Å². The number of halogens is 1. The minimum Gasteiger partial charge on any atom is -0.381 e. The molecule has 0 radical (unpaired) electrons. The molecule has 2 unspecified atom stereocenters. The molecule has 0 aliphatic carbocycles. The number of hydrogen-bond acceptors (Lipinski definition) is 2. The molecule has 3 heteroatoms. The van der Waals surface area contributed by atoms with Crippen LogP contribution in [0.5, 0.6) is 0 Å². The summed E-state index contributed by atoms with van der Waals surface area (Å²) in [7, 11) is 0. The predicted molar refractivity (Wildman–Crippen MR) is 64.9 cm³/mol. The van der Waals surface area contributed by atoms with Gasteiger partial charge in [0, 0.05) is 24.2 Å². The van der Waals surface area contributed by atoms with Crippen LogP contribution in [-0.2, 0) is 0 Å². The zero-order valence-corrected chi connectivity index (χ0v) is 9.59. The maximum atomic E-state index is 5.99. The highest BCUT2D eigenvalue weighted by molar-refractivity contribution is 6.31. The molecule has 0 saturated carbocycles. The molecule has 1 fully saturated rings. The molecule has 2 atom stereocenters. The third kappa shape index (κ3) is 1.39. The zero-order valence-electron chi connectivity index (χ0n) is 8.83. The minimum absolute atomic E-state index is 0.665. The van der Waals surface area contributed by atoms with Crippen LogP contribution >= 0.6 is 11.6 Å². The van der Waals surface area contributed by atoms with Crippen molar-refractivity contribution in [2.75, 3.05) is 23.3 Å². The largest absolute Gasteiger partial charge is 0.381 e. The van der Waals surface area contributed by atoms with Gasteiger partial charge in [-0.05, 0) is 30.5 Å². The third-order valence-electron chi connectivity index (χ3n) is 3.65. The van der Waals surface area contributed by atoms with Crippen molar-refractivity contribution in [3.8, 4) is 0 Å². The van der Waals surface area contributed by atoms with E-state index in [1.54, 1.807) is 0 Å². The first kappa shape index (κ1) is 9.34. The maximum Gasteiger partial charge on any atom is 0.0606 e. The molecule has 1 saturated heterocycles. The summed E-state index contributed by atoms with van der Waals surface area (Å²) < 4.78 is 0. The van der Waals surface area contributed by atoms with Crippen molar-refractivity contribution in [1.82, 2.24) is 0 Å². The number of nitrogens with zero attached hydrogens (tertiary/aromatic N) is 1. The van der Waals surface area contributed by atoms with E-state index in [1.807, 2.05) is 12.1 Å². The lowest BCUT2D eigenvalue weighted by molar-refractivity contribution is 0.524. The second-order valence-electron chi connectivity index (χ2n) is 4.57. The van der Waals surface area contributed by atoms with E-state index in [2.05, 4.69) is 23.2 Å². The molecular weight excluding hydrogens is 208 g/mol. The van der Waals surface area contributed by atoms with Crippen LogP contribution in [0.2, 0.25) is 5.02 Å². The fraction of sp³-hybridized carbons (Fsp3) is 0.500. The maximum absolute atomic E-state index is 5.99. The van der Waals surface area contributed by atoms with Gasteiger partial charge in [0.1, 0.15) is 0 Å². The first-order valence-electron chi connectivity index (χ1n) is 5.56. The van der Waals surface area contributed by atoms with Crippen LogP contribution in [0.15, 0.2) is 18.2 Å². The first-order valence-corrected chi connectivity index (χ1v) is 5.93.